The van der Waals surface area contributed by atoms with E-state index in [1.165, 1.54) is 0 Å². The topological polar surface area (TPSA) is 90.0 Å². The van der Waals surface area contributed by atoms with E-state index in [0.717, 1.165) is 5.69 Å². The van der Waals surface area contributed by atoms with Crippen molar-refractivity contribution >= 4 is 5.84 Å². The van der Waals surface area contributed by atoms with Gasteiger partial charge in [-0.1, -0.05) is 5.16 Å². The Morgan fingerprint density at radius 2 is 2.21 bits per heavy atom. The minimum Gasteiger partial charge on any atom is -0.487 e. The van der Waals surface area contributed by atoms with Crippen LogP contribution in [0.1, 0.15) is 30.8 Å². The number of hydrogen-bond donors (Lipinski definition) is 2. The highest BCUT2D eigenvalue weighted by Crippen LogP contribution is 2.23. The summed E-state index contributed by atoms with van der Waals surface area (Å²) < 4.78 is 11.1. The molecule has 0 aromatic carbocycles. The summed E-state index contributed by atoms with van der Waals surface area (Å²) in [5, 5.41) is 11.9. The van der Waals surface area contributed by atoms with Crippen LogP contribution in [0.5, 0.6) is 5.75 Å². The van der Waals surface area contributed by atoms with Crippen LogP contribution in [0.3, 0.4) is 0 Å². The standard InChI is InChI=1S/C13H21N3O3/c1-5-18-7-9(3)19-11-6-8(2)15-10(4)12(11)13(14)16-17/h6,9,17H,5,7H2,1-4H3,(H2,14,16). The van der Waals surface area contributed by atoms with Crippen LogP contribution < -0.4 is 10.5 Å². The van der Waals surface area contributed by atoms with Gasteiger partial charge in [0.05, 0.1) is 17.9 Å². The first-order valence-electron chi connectivity index (χ1n) is 6.20. The molecule has 0 amide bonds. The van der Waals surface area contributed by atoms with Crippen molar-refractivity contribution in [3.05, 3.63) is 23.0 Å². The molecule has 1 aromatic heterocycles. The zero-order valence-electron chi connectivity index (χ0n) is 11.8. The number of rotatable bonds is 6. The summed E-state index contributed by atoms with van der Waals surface area (Å²) in [4.78, 5) is 4.29. The highest BCUT2D eigenvalue weighted by atomic mass is 16.5. The van der Waals surface area contributed by atoms with Crippen LogP contribution in [0, 0.1) is 13.8 Å². The van der Waals surface area contributed by atoms with Crippen LogP contribution in [0.15, 0.2) is 11.2 Å². The van der Waals surface area contributed by atoms with Crippen molar-refractivity contribution in [2.24, 2.45) is 10.9 Å². The Bertz CT molecular complexity index is 461. The van der Waals surface area contributed by atoms with Gasteiger partial charge in [0.15, 0.2) is 5.84 Å². The molecular weight excluding hydrogens is 246 g/mol. The Balaban J connectivity index is 3.04. The molecular formula is C13H21N3O3. The highest BCUT2D eigenvalue weighted by molar-refractivity contribution is 6.00. The lowest BCUT2D eigenvalue weighted by Gasteiger charge is -2.18. The van der Waals surface area contributed by atoms with Gasteiger partial charge in [-0.25, -0.2) is 0 Å². The monoisotopic (exact) mass is 267 g/mol. The summed E-state index contributed by atoms with van der Waals surface area (Å²) >= 11 is 0. The van der Waals surface area contributed by atoms with E-state index in [1.807, 2.05) is 20.8 Å². The first-order chi connectivity index (χ1) is 8.99. The Labute approximate surface area is 113 Å². The van der Waals surface area contributed by atoms with Gasteiger partial charge in [-0.2, -0.15) is 0 Å². The van der Waals surface area contributed by atoms with Gasteiger partial charge in [0.1, 0.15) is 11.9 Å². The van der Waals surface area contributed by atoms with Crippen molar-refractivity contribution in [2.75, 3.05) is 13.2 Å². The molecule has 1 heterocycles. The smallest absolute Gasteiger partial charge is 0.175 e. The van der Waals surface area contributed by atoms with Gasteiger partial charge in [0.2, 0.25) is 0 Å². The number of nitrogens with zero attached hydrogens (tertiary/aromatic N) is 2. The summed E-state index contributed by atoms with van der Waals surface area (Å²) in [5.41, 5.74) is 7.65. The van der Waals surface area contributed by atoms with Gasteiger partial charge in [-0.15, -0.1) is 0 Å². The van der Waals surface area contributed by atoms with Crippen LogP contribution in [0.4, 0.5) is 0 Å². The fourth-order valence-electron chi connectivity index (χ4n) is 1.78. The molecule has 0 bridgehead atoms. The third kappa shape index (κ3) is 4.10. The number of nitrogens with two attached hydrogens (primary N) is 1. The Morgan fingerprint density at radius 1 is 1.53 bits per heavy atom. The van der Waals surface area contributed by atoms with E-state index < -0.39 is 0 Å². The van der Waals surface area contributed by atoms with Gasteiger partial charge in [-0.05, 0) is 27.7 Å². The largest absolute Gasteiger partial charge is 0.487 e. The summed E-state index contributed by atoms with van der Waals surface area (Å²) in [7, 11) is 0. The van der Waals surface area contributed by atoms with Crippen LogP contribution in [-0.2, 0) is 4.74 Å². The van der Waals surface area contributed by atoms with E-state index in [9.17, 15) is 0 Å². The number of amidine groups is 1. The van der Waals surface area contributed by atoms with E-state index in [4.69, 9.17) is 20.4 Å². The fourth-order valence-corrected chi connectivity index (χ4v) is 1.78. The molecule has 6 heteroatoms. The second kappa shape index (κ2) is 6.94. The first-order valence-corrected chi connectivity index (χ1v) is 6.20. The van der Waals surface area contributed by atoms with Crippen molar-refractivity contribution in [3.8, 4) is 5.75 Å². The summed E-state index contributed by atoms with van der Waals surface area (Å²) in [5.74, 6) is 0.538. The molecule has 1 aromatic rings. The van der Waals surface area contributed by atoms with Crippen molar-refractivity contribution in [3.63, 3.8) is 0 Å². The molecule has 0 radical (unpaired) electrons. The van der Waals surface area contributed by atoms with Crippen LogP contribution in [-0.4, -0.2) is 35.3 Å². The van der Waals surface area contributed by atoms with Crippen molar-refractivity contribution < 1.29 is 14.7 Å². The van der Waals surface area contributed by atoms with Crippen LogP contribution in [0.25, 0.3) is 0 Å². The maximum absolute atomic E-state index is 8.84. The first kappa shape index (κ1) is 15.2. The normalized spacial score (nSPS) is 13.4. The molecule has 0 aliphatic carbocycles. The zero-order valence-corrected chi connectivity index (χ0v) is 11.8. The van der Waals surface area contributed by atoms with Crippen molar-refractivity contribution in [1.29, 1.82) is 0 Å². The Morgan fingerprint density at radius 3 is 2.79 bits per heavy atom. The van der Waals surface area contributed by atoms with E-state index in [0.29, 0.717) is 30.2 Å². The van der Waals surface area contributed by atoms with E-state index in [1.54, 1.807) is 13.0 Å². The third-order valence-electron chi connectivity index (χ3n) is 2.54. The third-order valence-corrected chi connectivity index (χ3v) is 2.54. The molecule has 0 spiro atoms. The molecule has 0 saturated heterocycles. The Kier molecular flexibility index (Phi) is 5.57. The molecule has 0 aliphatic rings. The van der Waals surface area contributed by atoms with Gasteiger partial charge in [0, 0.05) is 18.4 Å². The van der Waals surface area contributed by atoms with E-state index in [2.05, 4.69) is 10.1 Å². The van der Waals surface area contributed by atoms with Gasteiger partial charge in [0.25, 0.3) is 0 Å². The predicted molar refractivity (Wildman–Crippen MR) is 72.8 cm³/mol. The van der Waals surface area contributed by atoms with Crippen molar-refractivity contribution in [2.45, 2.75) is 33.8 Å². The lowest BCUT2D eigenvalue weighted by molar-refractivity contribution is 0.0655. The summed E-state index contributed by atoms with van der Waals surface area (Å²) in [6, 6.07) is 1.77. The van der Waals surface area contributed by atoms with Crippen LogP contribution >= 0.6 is 0 Å². The SMILES string of the molecule is CCOCC(C)Oc1cc(C)nc(C)c1/C(N)=N/O. The zero-order chi connectivity index (χ0) is 14.4. The number of aryl methyl sites for hydroxylation is 2. The van der Waals surface area contributed by atoms with E-state index in [-0.39, 0.29) is 11.9 Å². The predicted octanol–water partition coefficient (Wildman–Crippen LogP) is 1.60. The second-order valence-corrected chi connectivity index (χ2v) is 4.30. The average Bonchev–Trinajstić information content (AvgIpc) is 2.35. The number of ether oxygens (including phenoxy) is 2. The van der Waals surface area contributed by atoms with Gasteiger partial charge < -0.3 is 20.4 Å². The maximum atomic E-state index is 8.84. The van der Waals surface area contributed by atoms with Crippen LogP contribution in [0.2, 0.25) is 0 Å². The number of hydrogen-bond acceptors (Lipinski definition) is 5. The minimum absolute atomic E-state index is 0.0105. The quantitative estimate of drug-likeness (QED) is 0.353. The van der Waals surface area contributed by atoms with Gasteiger partial charge in [-0.3, -0.25) is 4.98 Å². The number of pyridine rings is 1. The molecule has 6 nitrogen and oxygen atoms in total. The Hall–Kier alpha value is -1.82. The van der Waals surface area contributed by atoms with E-state index >= 15 is 0 Å². The molecule has 3 N–H and O–H groups in total. The molecule has 106 valence electrons. The molecule has 1 rings (SSSR count). The molecule has 0 saturated carbocycles. The van der Waals surface area contributed by atoms with Crippen molar-refractivity contribution in [1.82, 2.24) is 4.98 Å². The average molecular weight is 267 g/mol. The number of oxime groups is 1. The number of aromatic nitrogens is 1. The second-order valence-electron chi connectivity index (χ2n) is 4.30. The summed E-state index contributed by atoms with van der Waals surface area (Å²) in [6.07, 6.45) is -0.133. The lowest BCUT2D eigenvalue weighted by atomic mass is 10.1. The molecule has 1 unspecified atom stereocenters. The fraction of sp³-hybridized carbons (Fsp3) is 0.538. The summed E-state index contributed by atoms with van der Waals surface area (Å²) in [6.45, 7) is 8.59. The molecule has 19 heavy (non-hydrogen) atoms. The minimum atomic E-state index is -0.133. The molecule has 1 atom stereocenters. The van der Waals surface area contributed by atoms with Gasteiger partial charge >= 0.3 is 0 Å². The lowest BCUT2D eigenvalue weighted by Crippen LogP contribution is -2.23. The maximum Gasteiger partial charge on any atom is 0.175 e. The highest BCUT2D eigenvalue weighted by Gasteiger charge is 2.16. The molecule has 0 fully saturated rings. The molecule has 0 aliphatic heterocycles.